The van der Waals surface area contributed by atoms with Gasteiger partial charge in [0.05, 0.1) is 10.6 Å². The van der Waals surface area contributed by atoms with Crippen LogP contribution in [-0.4, -0.2) is 4.92 Å². The first-order chi connectivity index (χ1) is 11.1. The van der Waals surface area contributed by atoms with Crippen molar-refractivity contribution < 1.29 is 4.92 Å². The van der Waals surface area contributed by atoms with Gasteiger partial charge in [-0.1, -0.05) is 36.4 Å². The van der Waals surface area contributed by atoms with Gasteiger partial charge in [-0.3, -0.25) is 10.1 Å². The van der Waals surface area contributed by atoms with Crippen LogP contribution in [0.5, 0.6) is 0 Å². The Morgan fingerprint density at radius 1 is 0.783 bits per heavy atom. The van der Waals surface area contributed by atoms with Gasteiger partial charge in [0.2, 0.25) is 0 Å². The Morgan fingerprint density at radius 2 is 1.39 bits per heavy atom. The van der Waals surface area contributed by atoms with Crippen molar-refractivity contribution in [2.24, 2.45) is 0 Å². The molecular weight excluding hydrogens is 288 g/mol. The quantitative estimate of drug-likeness (QED) is 0.480. The van der Waals surface area contributed by atoms with Gasteiger partial charge in [0.1, 0.15) is 0 Å². The van der Waals surface area contributed by atoms with E-state index in [0.717, 1.165) is 22.6 Å². The van der Waals surface area contributed by atoms with Gasteiger partial charge in [-0.25, -0.2) is 0 Å². The fraction of sp³-hybridized carbons (Fsp3) is 0.0526. The number of nitrogens with zero attached hydrogens (tertiary/aromatic N) is 2. The van der Waals surface area contributed by atoms with E-state index in [0.29, 0.717) is 0 Å². The number of non-ortho nitro benzene ring substituents is 1. The molecule has 23 heavy (non-hydrogen) atoms. The Kier molecular flexibility index (Phi) is 4.06. The summed E-state index contributed by atoms with van der Waals surface area (Å²) in [5.41, 5.74) is 3.90. The number of nitro groups is 1. The van der Waals surface area contributed by atoms with E-state index in [4.69, 9.17) is 0 Å². The van der Waals surface area contributed by atoms with Crippen LogP contribution in [0.1, 0.15) is 5.56 Å². The smallest absolute Gasteiger partial charge is 0.271 e. The van der Waals surface area contributed by atoms with Gasteiger partial charge in [0.15, 0.2) is 0 Å². The standard InChI is InChI=1S/C19H16N2O2/c1-15-7-5-10-17(13-15)20(16-8-3-2-4-9-16)18-11-6-12-19(14-18)21(22)23/h2-14H,1H3. The van der Waals surface area contributed by atoms with Crippen LogP contribution < -0.4 is 4.90 Å². The Labute approximate surface area is 134 Å². The summed E-state index contributed by atoms with van der Waals surface area (Å²) in [4.78, 5) is 12.7. The number of nitro benzene ring substituents is 1. The minimum absolute atomic E-state index is 0.0797. The number of rotatable bonds is 4. The fourth-order valence-electron chi connectivity index (χ4n) is 2.54. The zero-order valence-electron chi connectivity index (χ0n) is 12.7. The topological polar surface area (TPSA) is 46.4 Å². The molecule has 3 aromatic rings. The Morgan fingerprint density at radius 3 is 2.04 bits per heavy atom. The summed E-state index contributed by atoms with van der Waals surface area (Å²) in [7, 11) is 0. The molecule has 0 aliphatic carbocycles. The zero-order valence-corrected chi connectivity index (χ0v) is 12.7. The first kappa shape index (κ1) is 14.8. The number of benzene rings is 3. The number of hydrogen-bond donors (Lipinski definition) is 0. The summed E-state index contributed by atoms with van der Waals surface area (Å²) < 4.78 is 0. The number of para-hydroxylation sites is 1. The lowest BCUT2D eigenvalue weighted by molar-refractivity contribution is -0.384. The van der Waals surface area contributed by atoms with Crippen molar-refractivity contribution in [2.45, 2.75) is 6.92 Å². The molecule has 0 aliphatic heterocycles. The highest BCUT2D eigenvalue weighted by Crippen LogP contribution is 2.35. The molecule has 4 heteroatoms. The second kappa shape index (κ2) is 6.32. The van der Waals surface area contributed by atoms with Gasteiger partial charge in [-0.2, -0.15) is 0 Å². The van der Waals surface area contributed by atoms with Gasteiger partial charge in [-0.15, -0.1) is 0 Å². The highest BCUT2D eigenvalue weighted by atomic mass is 16.6. The third kappa shape index (κ3) is 3.21. The maximum Gasteiger partial charge on any atom is 0.271 e. The molecule has 3 aromatic carbocycles. The molecule has 0 unspecified atom stereocenters. The average molecular weight is 304 g/mol. The summed E-state index contributed by atoms with van der Waals surface area (Å²) in [6.07, 6.45) is 0. The van der Waals surface area contributed by atoms with Crippen molar-refractivity contribution >= 4 is 22.7 Å². The summed E-state index contributed by atoms with van der Waals surface area (Å²) in [6.45, 7) is 2.03. The van der Waals surface area contributed by atoms with Crippen LogP contribution >= 0.6 is 0 Å². The molecule has 0 heterocycles. The first-order valence-corrected chi connectivity index (χ1v) is 7.31. The predicted octanol–water partition coefficient (Wildman–Crippen LogP) is 5.37. The van der Waals surface area contributed by atoms with E-state index in [1.165, 1.54) is 6.07 Å². The molecule has 0 spiro atoms. The molecule has 0 amide bonds. The summed E-state index contributed by atoms with van der Waals surface area (Å²) in [5, 5.41) is 11.1. The van der Waals surface area contributed by atoms with E-state index in [2.05, 4.69) is 6.07 Å². The number of hydrogen-bond acceptors (Lipinski definition) is 3. The summed E-state index contributed by atoms with van der Waals surface area (Å²) in [5.74, 6) is 0. The lowest BCUT2D eigenvalue weighted by Crippen LogP contribution is -2.10. The number of anilines is 3. The third-order valence-electron chi connectivity index (χ3n) is 3.57. The zero-order chi connectivity index (χ0) is 16.2. The van der Waals surface area contributed by atoms with Crippen molar-refractivity contribution in [1.29, 1.82) is 0 Å². The van der Waals surface area contributed by atoms with Gasteiger partial charge in [-0.05, 0) is 42.8 Å². The molecule has 0 saturated carbocycles. The van der Waals surface area contributed by atoms with Crippen LogP contribution in [0.4, 0.5) is 22.7 Å². The van der Waals surface area contributed by atoms with Gasteiger partial charge >= 0.3 is 0 Å². The van der Waals surface area contributed by atoms with Crippen LogP contribution in [0.3, 0.4) is 0 Å². The monoisotopic (exact) mass is 304 g/mol. The third-order valence-corrected chi connectivity index (χ3v) is 3.57. The molecule has 0 bridgehead atoms. The average Bonchev–Trinajstić information content (AvgIpc) is 2.56. The minimum atomic E-state index is -0.372. The maximum atomic E-state index is 11.1. The molecule has 4 nitrogen and oxygen atoms in total. The molecule has 114 valence electrons. The van der Waals surface area contributed by atoms with Crippen LogP contribution in [-0.2, 0) is 0 Å². The van der Waals surface area contributed by atoms with Crippen molar-refractivity contribution in [3.63, 3.8) is 0 Å². The first-order valence-electron chi connectivity index (χ1n) is 7.31. The van der Waals surface area contributed by atoms with E-state index in [9.17, 15) is 10.1 Å². The van der Waals surface area contributed by atoms with Crippen molar-refractivity contribution in [3.8, 4) is 0 Å². The van der Waals surface area contributed by atoms with Crippen molar-refractivity contribution in [3.05, 3.63) is 94.5 Å². The maximum absolute atomic E-state index is 11.1. The van der Waals surface area contributed by atoms with Crippen molar-refractivity contribution in [2.75, 3.05) is 4.90 Å². The van der Waals surface area contributed by atoms with E-state index in [1.54, 1.807) is 12.1 Å². The van der Waals surface area contributed by atoms with E-state index >= 15 is 0 Å². The van der Waals surface area contributed by atoms with Crippen LogP contribution in [0.15, 0.2) is 78.9 Å². The normalized spacial score (nSPS) is 10.3. The molecule has 0 N–H and O–H groups in total. The van der Waals surface area contributed by atoms with Gasteiger partial charge in [0.25, 0.3) is 5.69 Å². The summed E-state index contributed by atoms with van der Waals surface area (Å²) in [6, 6.07) is 24.6. The van der Waals surface area contributed by atoms with E-state index in [1.807, 2.05) is 66.4 Å². The Bertz CT molecular complexity index is 832. The number of aryl methyl sites for hydroxylation is 1. The molecule has 0 radical (unpaired) electrons. The SMILES string of the molecule is Cc1cccc(N(c2ccccc2)c2cccc([N+](=O)[O-])c2)c1. The predicted molar refractivity (Wildman–Crippen MR) is 92.5 cm³/mol. The lowest BCUT2D eigenvalue weighted by atomic mass is 10.1. The van der Waals surface area contributed by atoms with Crippen molar-refractivity contribution in [1.82, 2.24) is 0 Å². The lowest BCUT2D eigenvalue weighted by Gasteiger charge is -2.25. The molecule has 0 aromatic heterocycles. The second-order valence-corrected chi connectivity index (χ2v) is 5.29. The highest BCUT2D eigenvalue weighted by molar-refractivity contribution is 5.77. The van der Waals surface area contributed by atoms with Crippen LogP contribution in [0.25, 0.3) is 0 Å². The molecule has 0 saturated heterocycles. The van der Waals surface area contributed by atoms with Gasteiger partial charge < -0.3 is 4.90 Å². The highest BCUT2D eigenvalue weighted by Gasteiger charge is 2.15. The van der Waals surface area contributed by atoms with E-state index in [-0.39, 0.29) is 10.6 Å². The second-order valence-electron chi connectivity index (χ2n) is 5.29. The molecule has 0 fully saturated rings. The van der Waals surface area contributed by atoms with E-state index < -0.39 is 0 Å². The van der Waals surface area contributed by atoms with Gasteiger partial charge in [0, 0.05) is 23.5 Å². The van der Waals surface area contributed by atoms with Crippen LogP contribution in [0, 0.1) is 17.0 Å². The minimum Gasteiger partial charge on any atom is -0.310 e. The molecule has 0 atom stereocenters. The molecular formula is C19H16N2O2. The molecule has 0 aliphatic rings. The van der Waals surface area contributed by atoms with Crippen LogP contribution in [0.2, 0.25) is 0 Å². The Hall–Kier alpha value is -3.14. The summed E-state index contributed by atoms with van der Waals surface area (Å²) >= 11 is 0. The fourth-order valence-corrected chi connectivity index (χ4v) is 2.54. The largest absolute Gasteiger partial charge is 0.310 e. The Balaban J connectivity index is 2.16. The molecule has 3 rings (SSSR count).